The largest absolute Gasteiger partial charge is 0.327 e. The standard InChI is InChI=1S/C24H28N2/c1-20(25)24(17-21-11-5-2-6-12-21)26(18-22-13-7-3-8-14-22)19-23-15-9-4-10-16-23/h2-16,20,24H,17-19,25H2,1H3/t20-,24-/m0/s1. The van der Waals surface area contributed by atoms with Crippen LogP contribution in [0.1, 0.15) is 23.6 Å². The molecule has 2 atom stereocenters. The second kappa shape index (κ2) is 9.33. The maximum atomic E-state index is 6.45. The van der Waals surface area contributed by atoms with Crippen LogP contribution in [-0.2, 0) is 19.5 Å². The Labute approximate surface area is 157 Å². The highest BCUT2D eigenvalue weighted by molar-refractivity contribution is 5.20. The molecule has 134 valence electrons. The summed E-state index contributed by atoms with van der Waals surface area (Å²) in [6, 6.07) is 32.3. The fourth-order valence-electron chi connectivity index (χ4n) is 3.43. The number of hydrogen-bond acceptors (Lipinski definition) is 2. The highest BCUT2D eigenvalue weighted by atomic mass is 15.2. The number of nitrogens with two attached hydrogens (primary N) is 1. The Morgan fingerprint density at radius 1 is 0.654 bits per heavy atom. The van der Waals surface area contributed by atoms with Crippen LogP contribution >= 0.6 is 0 Å². The monoisotopic (exact) mass is 344 g/mol. The second-order valence-corrected chi connectivity index (χ2v) is 6.99. The van der Waals surface area contributed by atoms with Crippen LogP contribution in [0.15, 0.2) is 91.0 Å². The molecule has 0 bridgehead atoms. The van der Waals surface area contributed by atoms with Gasteiger partial charge in [-0.15, -0.1) is 0 Å². The van der Waals surface area contributed by atoms with E-state index in [1.54, 1.807) is 0 Å². The van der Waals surface area contributed by atoms with Crippen molar-refractivity contribution in [1.82, 2.24) is 4.90 Å². The lowest BCUT2D eigenvalue weighted by Crippen LogP contribution is -2.47. The molecule has 0 spiro atoms. The second-order valence-electron chi connectivity index (χ2n) is 6.99. The smallest absolute Gasteiger partial charge is 0.0291 e. The summed E-state index contributed by atoms with van der Waals surface area (Å²) < 4.78 is 0. The lowest BCUT2D eigenvalue weighted by atomic mass is 9.98. The van der Waals surface area contributed by atoms with Crippen LogP contribution in [0, 0.1) is 0 Å². The highest BCUT2D eigenvalue weighted by Crippen LogP contribution is 2.18. The van der Waals surface area contributed by atoms with Crippen LogP contribution in [-0.4, -0.2) is 17.0 Å². The van der Waals surface area contributed by atoms with Crippen molar-refractivity contribution in [3.05, 3.63) is 108 Å². The fraction of sp³-hybridized carbons (Fsp3) is 0.250. The quantitative estimate of drug-likeness (QED) is 0.644. The van der Waals surface area contributed by atoms with E-state index in [0.29, 0.717) is 0 Å². The lowest BCUT2D eigenvalue weighted by molar-refractivity contribution is 0.157. The molecule has 3 rings (SSSR count). The van der Waals surface area contributed by atoms with Crippen molar-refractivity contribution in [2.45, 2.75) is 38.5 Å². The van der Waals surface area contributed by atoms with Gasteiger partial charge in [0.25, 0.3) is 0 Å². The Balaban J connectivity index is 1.85. The number of nitrogens with zero attached hydrogens (tertiary/aromatic N) is 1. The average Bonchev–Trinajstić information content (AvgIpc) is 2.68. The molecule has 2 nitrogen and oxygen atoms in total. The molecule has 0 aliphatic carbocycles. The molecule has 3 aromatic carbocycles. The third kappa shape index (κ3) is 5.29. The van der Waals surface area contributed by atoms with Crippen LogP contribution in [0.2, 0.25) is 0 Å². The van der Waals surface area contributed by atoms with Gasteiger partial charge in [-0.1, -0.05) is 91.0 Å². The number of rotatable bonds is 8. The van der Waals surface area contributed by atoms with Crippen LogP contribution < -0.4 is 5.73 Å². The molecular formula is C24H28N2. The molecule has 0 aliphatic heterocycles. The summed E-state index contributed by atoms with van der Waals surface area (Å²) in [5.41, 5.74) is 10.4. The first kappa shape index (κ1) is 18.4. The van der Waals surface area contributed by atoms with Crippen LogP contribution in [0.5, 0.6) is 0 Å². The highest BCUT2D eigenvalue weighted by Gasteiger charge is 2.23. The molecule has 0 heterocycles. The van der Waals surface area contributed by atoms with E-state index in [0.717, 1.165) is 19.5 Å². The molecule has 0 saturated heterocycles. The van der Waals surface area contributed by atoms with Gasteiger partial charge in [0.1, 0.15) is 0 Å². The normalized spacial score (nSPS) is 13.5. The van der Waals surface area contributed by atoms with Crippen molar-refractivity contribution in [3.8, 4) is 0 Å². The molecular weight excluding hydrogens is 316 g/mol. The molecule has 2 N–H and O–H groups in total. The zero-order valence-corrected chi connectivity index (χ0v) is 15.5. The van der Waals surface area contributed by atoms with E-state index >= 15 is 0 Å². The predicted octanol–water partition coefficient (Wildman–Crippen LogP) is 4.65. The molecule has 0 amide bonds. The lowest BCUT2D eigenvalue weighted by Gasteiger charge is -2.35. The van der Waals surface area contributed by atoms with Crippen molar-refractivity contribution in [2.24, 2.45) is 5.73 Å². The predicted molar refractivity (Wildman–Crippen MR) is 110 cm³/mol. The first-order valence-electron chi connectivity index (χ1n) is 9.34. The first-order valence-corrected chi connectivity index (χ1v) is 9.34. The maximum absolute atomic E-state index is 6.45. The molecule has 0 radical (unpaired) electrons. The van der Waals surface area contributed by atoms with Gasteiger partial charge in [-0.25, -0.2) is 0 Å². The molecule has 0 aromatic heterocycles. The van der Waals surface area contributed by atoms with Gasteiger partial charge >= 0.3 is 0 Å². The minimum absolute atomic E-state index is 0.0858. The SMILES string of the molecule is C[C@H](N)[C@H](Cc1ccccc1)N(Cc1ccccc1)Cc1ccccc1. The molecule has 0 aliphatic rings. The third-order valence-corrected chi connectivity index (χ3v) is 4.82. The van der Waals surface area contributed by atoms with Crippen molar-refractivity contribution in [1.29, 1.82) is 0 Å². The van der Waals surface area contributed by atoms with Gasteiger partial charge in [-0.05, 0) is 30.0 Å². The van der Waals surface area contributed by atoms with Gasteiger partial charge in [-0.3, -0.25) is 4.90 Å². The Kier molecular flexibility index (Phi) is 6.59. The minimum atomic E-state index is 0.0858. The minimum Gasteiger partial charge on any atom is -0.327 e. The van der Waals surface area contributed by atoms with E-state index in [1.165, 1.54) is 16.7 Å². The molecule has 0 fully saturated rings. The van der Waals surface area contributed by atoms with Crippen molar-refractivity contribution < 1.29 is 0 Å². The van der Waals surface area contributed by atoms with E-state index in [2.05, 4.69) is 103 Å². The van der Waals surface area contributed by atoms with Crippen LogP contribution in [0.25, 0.3) is 0 Å². The summed E-state index contributed by atoms with van der Waals surface area (Å²) in [7, 11) is 0. The fourth-order valence-corrected chi connectivity index (χ4v) is 3.43. The van der Waals surface area contributed by atoms with Gasteiger partial charge in [0.05, 0.1) is 0 Å². The summed E-state index contributed by atoms with van der Waals surface area (Å²) >= 11 is 0. The van der Waals surface area contributed by atoms with Gasteiger partial charge in [-0.2, -0.15) is 0 Å². The Morgan fingerprint density at radius 2 is 1.04 bits per heavy atom. The van der Waals surface area contributed by atoms with Gasteiger partial charge in [0.2, 0.25) is 0 Å². The van der Waals surface area contributed by atoms with E-state index in [4.69, 9.17) is 5.73 Å². The average molecular weight is 345 g/mol. The molecule has 0 unspecified atom stereocenters. The van der Waals surface area contributed by atoms with Crippen molar-refractivity contribution in [3.63, 3.8) is 0 Å². The third-order valence-electron chi connectivity index (χ3n) is 4.82. The zero-order valence-electron chi connectivity index (χ0n) is 15.5. The van der Waals surface area contributed by atoms with E-state index in [-0.39, 0.29) is 12.1 Å². The molecule has 26 heavy (non-hydrogen) atoms. The van der Waals surface area contributed by atoms with Gasteiger partial charge in [0.15, 0.2) is 0 Å². The summed E-state index contributed by atoms with van der Waals surface area (Å²) in [5, 5.41) is 0. The molecule has 0 saturated carbocycles. The molecule has 2 heteroatoms. The summed E-state index contributed by atoms with van der Waals surface area (Å²) in [4.78, 5) is 2.52. The van der Waals surface area contributed by atoms with Crippen molar-refractivity contribution >= 4 is 0 Å². The van der Waals surface area contributed by atoms with Gasteiger partial charge < -0.3 is 5.73 Å². The topological polar surface area (TPSA) is 29.3 Å². The van der Waals surface area contributed by atoms with Crippen LogP contribution in [0.3, 0.4) is 0 Å². The maximum Gasteiger partial charge on any atom is 0.0291 e. The number of benzene rings is 3. The summed E-state index contributed by atoms with van der Waals surface area (Å²) in [6.07, 6.45) is 0.957. The van der Waals surface area contributed by atoms with E-state index in [9.17, 15) is 0 Å². The summed E-state index contributed by atoms with van der Waals surface area (Å²) in [6.45, 7) is 3.92. The number of hydrogen-bond donors (Lipinski definition) is 1. The van der Waals surface area contributed by atoms with Crippen LogP contribution in [0.4, 0.5) is 0 Å². The Morgan fingerprint density at radius 3 is 1.42 bits per heavy atom. The Hall–Kier alpha value is -2.42. The first-order chi connectivity index (χ1) is 12.7. The zero-order chi connectivity index (χ0) is 18.2. The van der Waals surface area contributed by atoms with Crippen molar-refractivity contribution in [2.75, 3.05) is 0 Å². The van der Waals surface area contributed by atoms with Gasteiger partial charge in [0, 0.05) is 25.2 Å². The Bertz CT molecular complexity index is 712. The van der Waals surface area contributed by atoms with E-state index < -0.39 is 0 Å². The van der Waals surface area contributed by atoms with E-state index in [1.807, 2.05) is 0 Å². The molecule has 3 aromatic rings. The summed E-state index contributed by atoms with van der Waals surface area (Å²) in [5.74, 6) is 0.